The Morgan fingerprint density at radius 2 is 1.79 bits per heavy atom. The third-order valence-electron chi connectivity index (χ3n) is 7.41. The topological polar surface area (TPSA) is 117 Å². The molecule has 0 amide bonds. The van der Waals surface area contributed by atoms with E-state index in [1.807, 2.05) is 0 Å². The largest absolute Gasteiger partial charge is 0.469 e. The first-order valence-electron chi connectivity index (χ1n) is 13.1. The number of esters is 1. The van der Waals surface area contributed by atoms with Crippen molar-refractivity contribution in [3.05, 3.63) is 69.4 Å². The van der Waals surface area contributed by atoms with Crippen LogP contribution in [0.1, 0.15) is 52.5 Å². The van der Waals surface area contributed by atoms with Gasteiger partial charge < -0.3 is 14.8 Å². The molecule has 39 heavy (non-hydrogen) atoms. The molecule has 11 heteroatoms. The predicted molar refractivity (Wildman–Crippen MR) is 144 cm³/mol. The van der Waals surface area contributed by atoms with Crippen LogP contribution in [0.2, 0.25) is 0 Å². The highest BCUT2D eigenvalue weighted by atomic mass is 19.1. The summed E-state index contributed by atoms with van der Waals surface area (Å²) in [7, 11) is 1.27. The standard InChI is InChI=1S/C28H34FN5O5/c1-17-5-7-20(8-6-17)16-33-26(32-27(36)34(28(33)37)19(3)18(2)25(35)38-4)31-22-10-12-23(13-11-22)39-24-14-9-21(29)15-30-24/h9-15,17-20H,5-8,16H2,1-4H3,(H,31,32,36)/t17?,18-,19+,20?/m1/s1. The maximum atomic E-state index is 13.7. The van der Waals surface area contributed by atoms with Crippen LogP contribution in [0, 0.1) is 23.6 Å². The number of carbonyl (C=O) groups excluding carboxylic acids is 1. The Labute approximate surface area is 225 Å². The molecule has 2 heterocycles. The van der Waals surface area contributed by atoms with Crippen molar-refractivity contribution in [2.45, 2.75) is 59.0 Å². The van der Waals surface area contributed by atoms with Crippen molar-refractivity contribution in [1.82, 2.24) is 19.1 Å². The zero-order chi connectivity index (χ0) is 28.1. The second-order valence-corrected chi connectivity index (χ2v) is 10.2. The molecule has 10 nitrogen and oxygen atoms in total. The van der Waals surface area contributed by atoms with Crippen LogP contribution in [0.15, 0.2) is 52.2 Å². The maximum Gasteiger partial charge on any atom is 0.355 e. The van der Waals surface area contributed by atoms with Gasteiger partial charge in [0.15, 0.2) is 0 Å². The number of benzene rings is 1. The summed E-state index contributed by atoms with van der Waals surface area (Å²) in [6.45, 7) is 5.89. The highest BCUT2D eigenvalue weighted by Crippen LogP contribution is 2.30. The van der Waals surface area contributed by atoms with E-state index in [1.54, 1.807) is 38.1 Å². The van der Waals surface area contributed by atoms with Crippen molar-refractivity contribution in [3.63, 3.8) is 0 Å². The minimum atomic E-state index is -0.749. The van der Waals surface area contributed by atoms with Gasteiger partial charge in [-0.3, -0.25) is 9.36 Å². The zero-order valence-corrected chi connectivity index (χ0v) is 22.6. The quantitative estimate of drug-likeness (QED) is 0.390. The van der Waals surface area contributed by atoms with E-state index >= 15 is 0 Å². The van der Waals surface area contributed by atoms with Gasteiger partial charge >= 0.3 is 17.3 Å². The highest BCUT2D eigenvalue weighted by molar-refractivity contribution is 5.72. The molecular weight excluding hydrogens is 505 g/mol. The average Bonchev–Trinajstić information content (AvgIpc) is 2.93. The van der Waals surface area contributed by atoms with Crippen molar-refractivity contribution < 1.29 is 18.7 Å². The normalized spacial score (nSPS) is 18.7. The number of rotatable bonds is 9. The number of aromatic nitrogens is 4. The van der Waals surface area contributed by atoms with Gasteiger partial charge in [0, 0.05) is 18.3 Å². The van der Waals surface area contributed by atoms with Gasteiger partial charge in [0.05, 0.1) is 25.3 Å². The van der Waals surface area contributed by atoms with Crippen LogP contribution >= 0.6 is 0 Å². The smallest absolute Gasteiger partial charge is 0.355 e. The Kier molecular flexibility index (Phi) is 8.78. The molecule has 1 saturated carbocycles. The van der Waals surface area contributed by atoms with Gasteiger partial charge in [-0.1, -0.05) is 19.8 Å². The summed E-state index contributed by atoms with van der Waals surface area (Å²) in [6, 6.07) is 8.72. The molecular formula is C28H34FN5O5. The van der Waals surface area contributed by atoms with Crippen molar-refractivity contribution >= 4 is 17.6 Å². The maximum absolute atomic E-state index is 13.7. The van der Waals surface area contributed by atoms with Crippen LogP contribution in [0.4, 0.5) is 16.0 Å². The second-order valence-electron chi connectivity index (χ2n) is 10.2. The number of nitrogens with zero attached hydrogens (tertiary/aromatic N) is 4. The predicted octanol–water partition coefficient (Wildman–Crippen LogP) is 4.67. The number of methoxy groups -OCH3 is 1. The first kappa shape index (κ1) is 28.0. The summed E-state index contributed by atoms with van der Waals surface area (Å²) in [5.74, 6) is 0.0747. The van der Waals surface area contributed by atoms with Gasteiger partial charge in [-0.05, 0) is 68.9 Å². The monoisotopic (exact) mass is 539 g/mol. The Hall–Kier alpha value is -4.02. The lowest BCUT2D eigenvalue weighted by molar-refractivity contribution is -0.146. The van der Waals surface area contributed by atoms with Crippen molar-refractivity contribution in [1.29, 1.82) is 0 Å². The van der Waals surface area contributed by atoms with Crippen molar-refractivity contribution in [2.24, 2.45) is 17.8 Å². The van der Waals surface area contributed by atoms with E-state index in [4.69, 9.17) is 9.47 Å². The third-order valence-corrected chi connectivity index (χ3v) is 7.41. The molecule has 0 bridgehead atoms. The molecule has 2 aromatic heterocycles. The van der Waals surface area contributed by atoms with Crippen LogP contribution in [-0.2, 0) is 16.1 Å². The van der Waals surface area contributed by atoms with Gasteiger partial charge in [0.1, 0.15) is 11.6 Å². The van der Waals surface area contributed by atoms with E-state index in [2.05, 4.69) is 22.2 Å². The van der Waals surface area contributed by atoms with Gasteiger partial charge in [-0.15, -0.1) is 0 Å². The molecule has 0 radical (unpaired) electrons. The van der Waals surface area contributed by atoms with Crippen molar-refractivity contribution in [2.75, 3.05) is 12.4 Å². The average molecular weight is 540 g/mol. The highest BCUT2D eigenvalue weighted by Gasteiger charge is 2.28. The van der Waals surface area contributed by atoms with Crippen LogP contribution < -0.4 is 21.4 Å². The molecule has 1 N–H and O–H groups in total. The molecule has 2 atom stereocenters. The SMILES string of the molecule is COC(=O)[C@H](C)[C@H](C)n1c(=O)nc(Nc2ccc(Oc3ccc(F)cn3)cc2)n(CC2CCC(C)CC2)c1=O. The number of hydrogen-bond acceptors (Lipinski definition) is 8. The molecule has 208 valence electrons. The minimum Gasteiger partial charge on any atom is -0.469 e. The van der Waals surface area contributed by atoms with Gasteiger partial charge in [-0.25, -0.2) is 23.5 Å². The molecule has 0 saturated heterocycles. The molecule has 1 fully saturated rings. The summed E-state index contributed by atoms with van der Waals surface area (Å²) < 4.78 is 26.1. The van der Waals surface area contributed by atoms with Gasteiger partial charge in [-0.2, -0.15) is 4.98 Å². The van der Waals surface area contributed by atoms with E-state index in [9.17, 15) is 18.8 Å². The lowest BCUT2D eigenvalue weighted by Gasteiger charge is -2.28. The van der Waals surface area contributed by atoms with E-state index < -0.39 is 35.1 Å². The van der Waals surface area contributed by atoms with E-state index in [0.717, 1.165) is 36.4 Å². The molecule has 3 aromatic rings. The number of halogens is 1. The van der Waals surface area contributed by atoms with Gasteiger partial charge in [0.25, 0.3) is 0 Å². The molecule has 1 aliphatic rings. The minimum absolute atomic E-state index is 0.131. The van der Waals surface area contributed by atoms with Crippen LogP contribution in [-0.4, -0.2) is 32.2 Å². The Bertz CT molecular complexity index is 1400. The lowest BCUT2D eigenvalue weighted by Crippen LogP contribution is -2.47. The van der Waals surface area contributed by atoms with E-state index in [1.165, 1.54) is 23.8 Å². The molecule has 1 aromatic carbocycles. The van der Waals surface area contributed by atoms with Crippen LogP contribution in [0.3, 0.4) is 0 Å². The summed E-state index contributed by atoms with van der Waals surface area (Å²) in [4.78, 5) is 47.0. The van der Waals surface area contributed by atoms with Crippen molar-refractivity contribution in [3.8, 4) is 11.6 Å². The van der Waals surface area contributed by atoms with Crippen LogP contribution in [0.25, 0.3) is 0 Å². The Morgan fingerprint density at radius 1 is 1.10 bits per heavy atom. The first-order chi connectivity index (χ1) is 18.7. The molecule has 0 unspecified atom stereocenters. The fraction of sp³-hybridized carbons (Fsp3) is 0.464. The fourth-order valence-electron chi connectivity index (χ4n) is 4.77. The molecule has 1 aliphatic carbocycles. The van der Waals surface area contributed by atoms with Gasteiger partial charge in [0.2, 0.25) is 11.8 Å². The first-order valence-corrected chi connectivity index (χ1v) is 13.1. The molecule has 0 spiro atoms. The number of carbonyl (C=O) groups is 1. The molecule has 4 rings (SSSR count). The number of hydrogen-bond donors (Lipinski definition) is 1. The summed E-state index contributed by atoms with van der Waals surface area (Å²) in [5.41, 5.74) is -0.691. The third kappa shape index (κ3) is 6.71. The summed E-state index contributed by atoms with van der Waals surface area (Å²) >= 11 is 0. The Morgan fingerprint density at radius 3 is 2.41 bits per heavy atom. The van der Waals surface area contributed by atoms with E-state index in [-0.39, 0.29) is 17.7 Å². The summed E-state index contributed by atoms with van der Waals surface area (Å²) in [5, 5.41) is 3.11. The summed E-state index contributed by atoms with van der Waals surface area (Å²) in [6.07, 6.45) is 5.18. The lowest BCUT2D eigenvalue weighted by atomic mass is 9.83. The molecule has 0 aliphatic heterocycles. The van der Waals surface area contributed by atoms with Crippen LogP contribution in [0.5, 0.6) is 11.6 Å². The zero-order valence-electron chi connectivity index (χ0n) is 22.6. The number of pyridine rings is 1. The number of ether oxygens (including phenoxy) is 2. The number of anilines is 2. The fourth-order valence-corrected chi connectivity index (χ4v) is 4.77. The second kappa shape index (κ2) is 12.2. The van der Waals surface area contributed by atoms with E-state index in [0.29, 0.717) is 23.9 Å². The number of nitrogens with one attached hydrogen (secondary N) is 1. The Balaban J connectivity index is 1.63.